The van der Waals surface area contributed by atoms with Crippen LogP contribution in [0, 0.1) is 0 Å². The van der Waals surface area contributed by atoms with Crippen molar-refractivity contribution in [1.82, 2.24) is 5.32 Å². The maximum atomic E-state index is 12.0. The Bertz CT molecular complexity index is 497. The van der Waals surface area contributed by atoms with Gasteiger partial charge < -0.3 is 15.3 Å². The smallest absolute Gasteiger partial charge is 0.228 e. The van der Waals surface area contributed by atoms with Crippen LogP contribution in [-0.4, -0.2) is 30.2 Å². The maximum absolute atomic E-state index is 12.0. The summed E-state index contributed by atoms with van der Waals surface area (Å²) in [4.78, 5) is 13.7. The molecule has 1 aromatic carbocycles. The number of hydrogen-bond donors (Lipinski definition) is 2. The molecule has 1 fully saturated rings. The van der Waals surface area contributed by atoms with E-state index in [4.69, 9.17) is 0 Å². The molecular weight excluding hydrogens is 240 g/mol. The molecule has 19 heavy (non-hydrogen) atoms. The molecule has 102 valence electrons. The van der Waals surface area contributed by atoms with Crippen LogP contribution in [0.1, 0.15) is 37.3 Å². The third kappa shape index (κ3) is 2.26. The Labute approximate surface area is 113 Å². The van der Waals surface area contributed by atoms with Gasteiger partial charge in [-0.15, -0.1) is 0 Å². The lowest BCUT2D eigenvalue weighted by Gasteiger charge is -2.39. The summed E-state index contributed by atoms with van der Waals surface area (Å²) in [6.07, 6.45) is 3.29. The monoisotopic (exact) mass is 260 g/mol. The van der Waals surface area contributed by atoms with Crippen molar-refractivity contribution < 1.29 is 9.90 Å². The van der Waals surface area contributed by atoms with Gasteiger partial charge in [0, 0.05) is 31.7 Å². The summed E-state index contributed by atoms with van der Waals surface area (Å²) in [5.41, 5.74) is 1.56. The lowest BCUT2D eigenvalue weighted by atomic mass is 9.80. The Balaban J connectivity index is 1.78. The van der Waals surface area contributed by atoms with Crippen LogP contribution in [0.15, 0.2) is 24.3 Å². The largest absolute Gasteiger partial charge is 0.389 e. The van der Waals surface area contributed by atoms with Gasteiger partial charge in [0.05, 0.1) is 5.60 Å². The van der Waals surface area contributed by atoms with E-state index < -0.39 is 5.60 Å². The van der Waals surface area contributed by atoms with Crippen LogP contribution in [0.5, 0.6) is 0 Å². The summed E-state index contributed by atoms with van der Waals surface area (Å²) in [6, 6.07) is 7.99. The molecule has 1 aromatic rings. The number of amides is 1. The van der Waals surface area contributed by atoms with Gasteiger partial charge in [0.1, 0.15) is 0 Å². The standard InChI is InChI=1S/C15H20N2O2/c1-17-13-6-3-2-5-11(13)12(9-14(17)18)16-10-15(19)7-4-8-15/h2-3,5-6,12,16,19H,4,7-10H2,1H3. The van der Waals surface area contributed by atoms with Crippen LogP contribution < -0.4 is 10.2 Å². The second-order valence-electron chi connectivity index (χ2n) is 5.73. The Morgan fingerprint density at radius 2 is 2.16 bits per heavy atom. The van der Waals surface area contributed by atoms with Crippen molar-refractivity contribution in [2.75, 3.05) is 18.5 Å². The Morgan fingerprint density at radius 1 is 1.42 bits per heavy atom. The van der Waals surface area contributed by atoms with E-state index in [1.54, 1.807) is 4.90 Å². The van der Waals surface area contributed by atoms with E-state index in [1.165, 1.54) is 0 Å². The molecule has 1 heterocycles. The lowest BCUT2D eigenvalue weighted by Crippen LogP contribution is -2.48. The molecule has 1 aliphatic heterocycles. The fraction of sp³-hybridized carbons (Fsp3) is 0.533. The number of carbonyl (C=O) groups is 1. The fourth-order valence-corrected chi connectivity index (χ4v) is 2.90. The van der Waals surface area contributed by atoms with Gasteiger partial charge in [-0.1, -0.05) is 18.2 Å². The molecule has 4 heteroatoms. The average Bonchev–Trinajstić information content (AvgIpc) is 2.39. The number of anilines is 1. The van der Waals surface area contributed by atoms with Gasteiger partial charge in [0.25, 0.3) is 0 Å². The molecule has 0 radical (unpaired) electrons. The van der Waals surface area contributed by atoms with Crippen molar-refractivity contribution >= 4 is 11.6 Å². The highest BCUT2D eigenvalue weighted by Crippen LogP contribution is 2.35. The molecule has 0 spiro atoms. The highest BCUT2D eigenvalue weighted by Gasteiger charge is 2.36. The van der Waals surface area contributed by atoms with Crippen molar-refractivity contribution in [3.63, 3.8) is 0 Å². The molecule has 3 rings (SSSR count). The van der Waals surface area contributed by atoms with Crippen molar-refractivity contribution in [1.29, 1.82) is 0 Å². The maximum Gasteiger partial charge on any atom is 0.228 e. The van der Waals surface area contributed by atoms with E-state index in [1.807, 2.05) is 25.2 Å². The highest BCUT2D eigenvalue weighted by atomic mass is 16.3. The van der Waals surface area contributed by atoms with E-state index in [9.17, 15) is 9.90 Å². The van der Waals surface area contributed by atoms with Gasteiger partial charge in [-0.2, -0.15) is 0 Å². The lowest BCUT2D eigenvalue weighted by molar-refractivity contribution is -0.119. The van der Waals surface area contributed by atoms with E-state index in [2.05, 4.69) is 11.4 Å². The summed E-state index contributed by atoms with van der Waals surface area (Å²) >= 11 is 0. The van der Waals surface area contributed by atoms with Gasteiger partial charge in [-0.25, -0.2) is 0 Å². The summed E-state index contributed by atoms with van der Waals surface area (Å²) in [6.45, 7) is 0.572. The molecule has 2 aliphatic rings. The molecular formula is C15H20N2O2. The third-order valence-electron chi connectivity index (χ3n) is 4.39. The van der Waals surface area contributed by atoms with Gasteiger partial charge in [0.2, 0.25) is 5.91 Å². The average molecular weight is 260 g/mol. The first-order valence-corrected chi connectivity index (χ1v) is 6.90. The van der Waals surface area contributed by atoms with Crippen LogP contribution in [0.2, 0.25) is 0 Å². The zero-order valence-electron chi connectivity index (χ0n) is 11.2. The van der Waals surface area contributed by atoms with Gasteiger partial charge >= 0.3 is 0 Å². The van der Waals surface area contributed by atoms with Crippen LogP contribution in [0.25, 0.3) is 0 Å². The summed E-state index contributed by atoms with van der Waals surface area (Å²) < 4.78 is 0. The SMILES string of the molecule is CN1C(=O)CC(NCC2(O)CCC2)c2ccccc21. The van der Waals surface area contributed by atoms with Gasteiger partial charge in [-0.05, 0) is 30.9 Å². The minimum Gasteiger partial charge on any atom is -0.389 e. The minimum absolute atomic E-state index is 0.0181. The normalized spacial score (nSPS) is 24.8. The molecule has 0 bridgehead atoms. The van der Waals surface area contributed by atoms with Crippen molar-refractivity contribution in [3.8, 4) is 0 Å². The number of aliphatic hydroxyl groups is 1. The molecule has 1 atom stereocenters. The number of fused-ring (bicyclic) bond motifs is 1. The topological polar surface area (TPSA) is 52.6 Å². The second-order valence-corrected chi connectivity index (χ2v) is 5.73. The van der Waals surface area contributed by atoms with E-state index >= 15 is 0 Å². The highest BCUT2D eigenvalue weighted by molar-refractivity contribution is 5.96. The number of nitrogens with zero attached hydrogens (tertiary/aromatic N) is 1. The molecule has 1 aliphatic carbocycles. The first-order chi connectivity index (χ1) is 9.09. The molecule has 2 N–H and O–H groups in total. The van der Waals surface area contributed by atoms with Crippen LogP contribution in [0.3, 0.4) is 0 Å². The molecule has 1 saturated carbocycles. The zero-order chi connectivity index (χ0) is 13.5. The predicted molar refractivity (Wildman–Crippen MR) is 74.0 cm³/mol. The number of benzene rings is 1. The van der Waals surface area contributed by atoms with E-state index in [0.29, 0.717) is 13.0 Å². The summed E-state index contributed by atoms with van der Waals surface area (Å²) in [5.74, 6) is 0.122. The van der Waals surface area contributed by atoms with Crippen LogP contribution >= 0.6 is 0 Å². The third-order valence-corrected chi connectivity index (χ3v) is 4.39. The first-order valence-electron chi connectivity index (χ1n) is 6.90. The van der Waals surface area contributed by atoms with Crippen LogP contribution in [-0.2, 0) is 4.79 Å². The van der Waals surface area contributed by atoms with Gasteiger partial charge in [0.15, 0.2) is 0 Å². The van der Waals surface area contributed by atoms with Crippen molar-refractivity contribution in [2.24, 2.45) is 0 Å². The Morgan fingerprint density at radius 3 is 2.84 bits per heavy atom. The molecule has 0 saturated heterocycles. The van der Waals surface area contributed by atoms with Crippen LogP contribution in [0.4, 0.5) is 5.69 Å². The predicted octanol–water partition coefficient (Wildman–Crippen LogP) is 1.60. The fourth-order valence-electron chi connectivity index (χ4n) is 2.90. The molecule has 1 amide bonds. The minimum atomic E-state index is -0.554. The molecule has 4 nitrogen and oxygen atoms in total. The molecule has 0 aromatic heterocycles. The van der Waals surface area contributed by atoms with Crippen molar-refractivity contribution in [3.05, 3.63) is 29.8 Å². The van der Waals surface area contributed by atoms with E-state index in [-0.39, 0.29) is 11.9 Å². The van der Waals surface area contributed by atoms with Crippen molar-refractivity contribution in [2.45, 2.75) is 37.3 Å². The number of rotatable bonds is 3. The first kappa shape index (κ1) is 12.6. The number of carbonyl (C=O) groups excluding carboxylic acids is 1. The Kier molecular flexibility index (Phi) is 3.07. The molecule has 1 unspecified atom stereocenters. The number of hydrogen-bond acceptors (Lipinski definition) is 3. The van der Waals surface area contributed by atoms with E-state index in [0.717, 1.165) is 30.5 Å². The second kappa shape index (κ2) is 4.62. The zero-order valence-corrected chi connectivity index (χ0v) is 11.2. The number of para-hydroxylation sites is 1. The summed E-state index contributed by atoms with van der Waals surface area (Å²) in [5, 5.41) is 13.5. The number of nitrogens with one attached hydrogen (secondary N) is 1. The quantitative estimate of drug-likeness (QED) is 0.868. The van der Waals surface area contributed by atoms with Gasteiger partial charge in [-0.3, -0.25) is 4.79 Å². The Hall–Kier alpha value is -1.39. The summed E-state index contributed by atoms with van der Waals surface area (Å²) in [7, 11) is 1.82.